The average molecular weight is 647 g/mol. The van der Waals surface area contributed by atoms with Crippen LogP contribution in [0, 0.1) is 11.8 Å². The second kappa shape index (κ2) is 11.1. The highest BCUT2D eigenvalue weighted by atomic mass is 35.5. The standard InChI is InChI=1S/C13H14ClN3O3S2.C11H8Cl2N2OS/c1-17(22(2,19)20)13(18)7-3-4-8-9(5-7)21-12-10(8)11(14)15-6-16-12;12-9-8-6-2-1-5(10(13)16)3-7(6)17-11(8)15-4-14-9/h6-7H,3-5H2,1-2H3;4-5H,1-3H2/t7-;5-/m00/s1. The van der Waals surface area contributed by atoms with E-state index >= 15 is 0 Å². The van der Waals surface area contributed by atoms with Crippen molar-refractivity contribution in [3.8, 4) is 0 Å². The number of carbonyl (C=O) groups is 2. The van der Waals surface area contributed by atoms with Crippen molar-refractivity contribution in [2.75, 3.05) is 13.3 Å². The first-order valence-electron chi connectivity index (χ1n) is 11.9. The molecule has 0 fully saturated rings. The first kappa shape index (κ1) is 28.6. The number of halogens is 3. The van der Waals surface area contributed by atoms with Crippen LogP contribution in [-0.2, 0) is 45.3 Å². The topological polar surface area (TPSA) is 123 Å². The van der Waals surface area contributed by atoms with Gasteiger partial charge in [0.1, 0.15) is 32.6 Å². The van der Waals surface area contributed by atoms with Crippen LogP contribution < -0.4 is 0 Å². The summed E-state index contributed by atoms with van der Waals surface area (Å²) in [6.45, 7) is 0. The summed E-state index contributed by atoms with van der Waals surface area (Å²) >= 11 is 20.9. The highest BCUT2D eigenvalue weighted by Crippen LogP contribution is 2.41. The van der Waals surface area contributed by atoms with Crippen molar-refractivity contribution in [2.24, 2.45) is 11.8 Å². The maximum Gasteiger partial charge on any atom is 0.239 e. The third-order valence-corrected chi connectivity index (χ3v) is 11.5. The number of hydrogen-bond donors (Lipinski definition) is 0. The van der Waals surface area contributed by atoms with E-state index in [0.29, 0.717) is 36.0 Å². The summed E-state index contributed by atoms with van der Waals surface area (Å²) < 4.78 is 23.9. The van der Waals surface area contributed by atoms with Crippen molar-refractivity contribution >= 4 is 99.1 Å². The van der Waals surface area contributed by atoms with Crippen LogP contribution in [0.5, 0.6) is 0 Å². The van der Waals surface area contributed by atoms with E-state index in [1.165, 1.54) is 41.5 Å². The summed E-state index contributed by atoms with van der Waals surface area (Å²) in [5, 5.41) is 2.51. The van der Waals surface area contributed by atoms with Gasteiger partial charge in [0, 0.05) is 28.6 Å². The number of amides is 1. The lowest BCUT2D eigenvalue weighted by atomic mass is 9.87. The van der Waals surface area contributed by atoms with E-state index in [9.17, 15) is 18.0 Å². The minimum absolute atomic E-state index is 0.0658. The Balaban J connectivity index is 0.000000163. The lowest BCUT2D eigenvalue weighted by Crippen LogP contribution is -2.38. The monoisotopic (exact) mass is 645 g/mol. The van der Waals surface area contributed by atoms with E-state index in [1.807, 2.05) is 0 Å². The van der Waals surface area contributed by atoms with Crippen LogP contribution >= 0.6 is 57.5 Å². The third-order valence-electron chi connectivity index (χ3n) is 7.08. The fraction of sp³-hybridized carbons (Fsp3) is 0.417. The molecule has 0 aliphatic heterocycles. The fourth-order valence-corrected chi connectivity index (χ4v) is 8.77. The number of aryl methyl sites for hydroxylation is 2. The molecule has 0 unspecified atom stereocenters. The molecule has 0 spiro atoms. The number of fused-ring (bicyclic) bond motifs is 6. The lowest BCUT2D eigenvalue weighted by molar-refractivity contribution is -0.130. The minimum Gasteiger partial charge on any atom is -0.281 e. The Morgan fingerprint density at radius 2 is 1.33 bits per heavy atom. The van der Waals surface area contributed by atoms with Gasteiger partial charge in [-0.15, -0.1) is 22.7 Å². The molecule has 2 aliphatic rings. The van der Waals surface area contributed by atoms with Gasteiger partial charge in [-0.05, 0) is 61.3 Å². The van der Waals surface area contributed by atoms with Gasteiger partial charge in [0.25, 0.3) is 0 Å². The zero-order valence-electron chi connectivity index (χ0n) is 20.8. The van der Waals surface area contributed by atoms with Gasteiger partial charge in [-0.1, -0.05) is 23.2 Å². The van der Waals surface area contributed by atoms with Gasteiger partial charge in [-0.25, -0.2) is 32.7 Å². The largest absolute Gasteiger partial charge is 0.281 e. The molecular formula is C24H22Cl3N5O4S3. The molecule has 1 amide bonds. The predicted octanol–water partition coefficient (Wildman–Crippen LogP) is 5.08. The Morgan fingerprint density at radius 3 is 1.79 bits per heavy atom. The Hall–Kier alpha value is -1.96. The lowest BCUT2D eigenvalue weighted by Gasteiger charge is -2.25. The molecule has 2 aliphatic carbocycles. The quantitative estimate of drug-likeness (QED) is 0.223. The molecular weight excluding hydrogens is 625 g/mol. The third kappa shape index (κ3) is 5.64. The Labute approximate surface area is 247 Å². The SMILES string of the molecule is CN(C(=O)[C@H]1CCc2c(sc3ncnc(Cl)c23)C1)S(C)(=O)=O.O=C(Cl)[C@H]1CCc2c(sc3ncnc(Cl)c23)C1. The number of rotatable bonds is 3. The number of nitrogens with zero attached hydrogens (tertiary/aromatic N) is 5. The molecule has 4 aromatic rings. The number of sulfonamides is 1. The molecule has 0 N–H and O–H groups in total. The second-order valence-electron chi connectivity index (χ2n) is 9.45. The van der Waals surface area contributed by atoms with Crippen LogP contribution in [0.3, 0.4) is 0 Å². The number of carbonyl (C=O) groups excluding carboxylic acids is 2. The van der Waals surface area contributed by atoms with E-state index in [2.05, 4.69) is 19.9 Å². The van der Waals surface area contributed by atoms with E-state index < -0.39 is 10.0 Å². The van der Waals surface area contributed by atoms with Gasteiger partial charge >= 0.3 is 0 Å². The summed E-state index contributed by atoms with van der Waals surface area (Å²) in [5.41, 5.74) is 2.29. The number of hydrogen-bond acceptors (Lipinski definition) is 10. The van der Waals surface area contributed by atoms with Crippen LogP contribution in [0.25, 0.3) is 20.4 Å². The van der Waals surface area contributed by atoms with E-state index in [1.54, 1.807) is 11.3 Å². The molecule has 2 atom stereocenters. The molecule has 0 saturated carbocycles. The zero-order valence-corrected chi connectivity index (χ0v) is 25.5. The Kier molecular flexibility index (Phi) is 8.16. The van der Waals surface area contributed by atoms with Crippen LogP contribution in [0.15, 0.2) is 12.7 Å². The smallest absolute Gasteiger partial charge is 0.239 e. The molecule has 4 heterocycles. The van der Waals surface area contributed by atoms with Crippen LogP contribution in [0.2, 0.25) is 10.3 Å². The van der Waals surface area contributed by atoms with Crippen molar-refractivity contribution in [2.45, 2.75) is 38.5 Å². The van der Waals surface area contributed by atoms with Gasteiger partial charge in [-0.2, -0.15) is 0 Å². The summed E-state index contributed by atoms with van der Waals surface area (Å²) in [5.74, 6) is -0.751. The van der Waals surface area contributed by atoms with Crippen molar-refractivity contribution in [3.63, 3.8) is 0 Å². The molecule has 9 nitrogen and oxygen atoms in total. The fourth-order valence-electron chi connectivity index (χ4n) is 4.97. The molecule has 0 bridgehead atoms. The maximum absolute atomic E-state index is 12.3. The minimum atomic E-state index is -3.52. The highest BCUT2D eigenvalue weighted by molar-refractivity contribution is 7.88. The van der Waals surface area contributed by atoms with Crippen molar-refractivity contribution in [3.05, 3.63) is 43.8 Å². The maximum atomic E-state index is 12.3. The molecule has 0 aromatic carbocycles. The van der Waals surface area contributed by atoms with Gasteiger partial charge in [0.15, 0.2) is 0 Å². The van der Waals surface area contributed by atoms with E-state index in [-0.39, 0.29) is 23.0 Å². The number of thiophene rings is 2. The van der Waals surface area contributed by atoms with Crippen molar-refractivity contribution in [1.82, 2.24) is 24.2 Å². The summed E-state index contributed by atoms with van der Waals surface area (Å²) in [6, 6.07) is 0. The van der Waals surface area contributed by atoms with Gasteiger partial charge < -0.3 is 0 Å². The molecule has 4 aromatic heterocycles. The molecule has 0 saturated heterocycles. The van der Waals surface area contributed by atoms with Gasteiger partial charge in [0.2, 0.25) is 21.2 Å². The molecule has 206 valence electrons. The first-order valence-corrected chi connectivity index (χ1v) is 16.6. The normalized spacial score (nSPS) is 18.7. The van der Waals surface area contributed by atoms with Crippen LogP contribution in [0.1, 0.15) is 33.7 Å². The predicted molar refractivity (Wildman–Crippen MR) is 154 cm³/mol. The molecule has 39 heavy (non-hydrogen) atoms. The second-order valence-corrected chi connectivity index (χ2v) is 14.7. The summed E-state index contributed by atoms with van der Waals surface area (Å²) in [4.78, 5) is 43.9. The van der Waals surface area contributed by atoms with Gasteiger partial charge in [0.05, 0.1) is 17.0 Å². The van der Waals surface area contributed by atoms with Crippen LogP contribution in [-0.4, -0.2) is 57.1 Å². The Bertz CT molecular complexity index is 1720. The average Bonchev–Trinajstić information content (AvgIpc) is 3.46. The van der Waals surface area contributed by atoms with Crippen molar-refractivity contribution in [1.29, 1.82) is 0 Å². The van der Waals surface area contributed by atoms with Crippen molar-refractivity contribution < 1.29 is 18.0 Å². The summed E-state index contributed by atoms with van der Waals surface area (Å²) in [6.07, 6.45) is 8.04. The zero-order chi connectivity index (χ0) is 28.1. The van der Waals surface area contributed by atoms with Crippen LogP contribution in [0.4, 0.5) is 0 Å². The number of aromatic nitrogens is 4. The van der Waals surface area contributed by atoms with Gasteiger partial charge in [-0.3, -0.25) is 9.59 Å². The Morgan fingerprint density at radius 1 is 0.872 bits per heavy atom. The molecule has 15 heteroatoms. The summed E-state index contributed by atoms with van der Waals surface area (Å²) in [7, 11) is -2.21. The van der Waals surface area contributed by atoms with E-state index in [0.717, 1.165) is 54.3 Å². The van der Waals surface area contributed by atoms with E-state index in [4.69, 9.17) is 34.8 Å². The first-order chi connectivity index (χ1) is 18.5. The molecule has 6 rings (SSSR count). The molecule has 0 radical (unpaired) electrons. The highest BCUT2D eigenvalue weighted by Gasteiger charge is 2.33.